The summed E-state index contributed by atoms with van der Waals surface area (Å²) in [5.74, 6) is 0.150. The normalized spacial score (nSPS) is 10.8. The topological polar surface area (TPSA) is 104 Å². The van der Waals surface area contributed by atoms with Crippen LogP contribution in [0.3, 0.4) is 0 Å². The molecule has 7 heteroatoms. The van der Waals surface area contributed by atoms with E-state index in [9.17, 15) is 9.59 Å². The van der Waals surface area contributed by atoms with E-state index in [4.69, 9.17) is 5.11 Å². The molecule has 18 heavy (non-hydrogen) atoms. The quantitative estimate of drug-likeness (QED) is 0.676. The van der Waals surface area contributed by atoms with Crippen LogP contribution in [0, 0.1) is 13.8 Å². The molecule has 0 saturated carbocycles. The van der Waals surface area contributed by atoms with Gasteiger partial charge >= 0.3 is 0 Å². The highest BCUT2D eigenvalue weighted by Gasteiger charge is 2.13. The molecule has 0 aliphatic carbocycles. The fourth-order valence-corrected chi connectivity index (χ4v) is 1.81. The summed E-state index contributed by atoms with van der Waals surface area (Å²) in [5.41, 5.74) is 1.03. The summed E-state index contributed by atoms with van der Waals surface area (Å²) in [7, 11) is 0. The van der Waals surface area contributed by atoms with Gasteiger partial charge in [0.1, 0.15) is 0 Å². The highest BCUT2D eigenvalue weighted by molar-refractivity contribution is 5.22. The van der Waals surface area contributed by atoms with E-state index in [-0.39, 0.29) is 30.1 Å². The fourth-order valence-electron chi connectivity index (χ4n) is 1.81. The predicted octanol–water partition coefficient (Wildman–Crippen LogP) is -0.599. The molecule has 0 radical (unpaired) electrons. The second kappa shape index (κ2) is 4.61. The van der Waals surface area contributed by atoms with E-state index < -0.39 is 0 Å². The van der Waals surface area contributed by atoms with Crippen LogP contribution >= 0.6 is 0 Å². The van der Waals surface area contributed by atoms with Gasteiger partial charge in [-0.2, -0.15) is 4.68 Å². The Labute approximate surface area is 102 Å². The molecular formula is C11H14N4O3. The molecule has 7 nitrogen and oxygen atoms in total. The van der Waals surface area contributed by atoms with Crippen molar-refractivity contribution in [2.24, 2.45) is 0 Å². The summed E-state index contributed by atoms with van der Waals surface area (Å²) < 4.78 is 1.18. The summed E-state index contributed by atoms with van der Waals surface area (Å²) in [6.45, 7) is 3.30. The molecule has 2 aromatic heterocycles. The van der Waals surface area contributed by atoms with Gasteiger partial charge in [-0.1, -0.05) is 0 Å². The van der Waals surface area contributed by atoms with Gasteiger partial charge in [-0.3, -0.25) is 19.7 Å². The first-order chi connectivity index (χ1) is 8.52. The molecule has 0 fully saturated rings. The van der Waals surface area contributed by atoms with Gasteiger partial charge in [-0.05, 0) is 13.8 Å². The summed E-state index contributed by atoms with van der Waals surface area (Å²) in [6.07, 6.45) is 0.268. The smallest absolute Gasteiger partial charge is 0.277 e. The molecule has 2 rings (SSSR count). The van der Waals surface area contributed by atoms with Crippen molar-refractivity contribution in [3.63, 3.8) is 0 Å². The van der Waals surface area contributed by atoms with Crippen LogP contribution in [0.2, 0.25) is 0 Å². The fraction of sp³-hybridized carbons (Fsp3) is 0.364. The first kappa shape index (κ1) is 12.3. The average Bonchev–Trinajstić information content (AvgIpc) is 2.56. The third-order valence-corrected chi connectivity index (χ3v) is 2.62. The highest BCUT2D eigenvalue weighted by Crippen LogP contribution is 2.03. The SMILES string of the molecule is Cc1cc(=O)[nH]c(-n2[nH]c(C)c(CCO)c2=O)n1. The molecule has 0 aliphatic heterocycles. The number of nitrogens with zero attached hydrogens (tertiary/aromatic N) is 2. The van der Waals surface area contributed by atoms with Gasteiger partial charge < -0.3 is 5.11 Å². The highest BCUT2D eigenvalue weighted by atomic mass is 16.3. The molecule has 2 heterocycles. The van der Waals surface area contributed by atoms with Crippen LogP contribution in [-0.4, -0.2) is 31.5 Å². The number of nitrogens with one attached hydrogen (secondary N) is 2. The van der Waals surface area contributed by atoms with E-state index in [0.717, 1.165) is 0 Å². The average molecular weight is 250 g/mol. The molecule has 2 aromatic rings. The van der Waals surface area contributed by atoms with Crippen LogP contribution < -0.4 is 11.1 Å². The summed E-state index contributed by atoms with van der Waals surface area (Å²) >= 11 is 0. The monoisotopic (exact) mass is 250 g/mol. The zero-order chi connectivity index (χ0) is 13.3. The molecule has 0 spiro atoms. The number of rotatable bonds is 3. The Morgan fingerprint density at radius 1 is 1.39 bits per heavy atom. The van der Waals surface area contributed by atoms with Gasteiger partial charge in [0, 0.05) is 36.0 Å². The Morgan fingerprint density at radius 3 is 2.72 bits per heavy atom. The van der Waals surface area contributed by atoms with Crippen LogP contribution in [0.5, 0.6) is 0 Å². The summed E-state index contributed by atoms with van der Waals surface area (Å²) in [6, 6.07) is 1.35. The van der Waals surface area contributed by atoms with E-state index in [1.807, 2.05) is 0 Å². The van der Waals surface area contributed by atoms with Crippen molar-refractivity contribution < 1.29 is 5.11 Å². The lowest BCUT2D eigenvalue weighted by Crippen LogP contribution is -2.23. The minimum Gasteiger partial charge on any atom is -0.396 e. The molecule has 0 amide bonds. The zero-order valence-electron chi connectivity index (χ0n) is 10.1. The Bertz CT molecular complexity index is 680. The van der Waals surface area contributed by atoms with Crippen molar-refractivity contribution in [3.05, 3.63) is 43.7 Å². The third-order valence-electron chi connectivity index (χ3n) is 2.62. The standard InChI is InChI=1S/C11H14N4O3/c1-6-5-9(17)13-11(12-6)15-10(18)8(3-4-16)7(2)14-15/h5,14,16H,3-4H2,1-2H3,(H,12,13,17). The predicted molar refractivity (Wildman–Crippen MR) is 65.1 cm³/mol. The molecule has 0 bridgehead atoms. The number of hydrogen-bond donors (Lipinski definition) is 3. The number of aryl methyl sites for hydroxylation is 2. The van der Waals surface area contributed by atoms with Crippen molar-refractivity contribution in [3.8, 4) is 5.95 Å². The Morgan fingerprint density at radius 2 is 2.11 bits per heavy atom. The summed E-state index contributed by atoms with van der Waals surface area (Å²) in [5, 5.41) is 11.7. The number of H-pyrrole nitrogens is 2. The first-order valence-corrected chi connectivity index (χ1v) is 5.52. The molecule has 3 N–H and O–H groups in total. The number of aromatic amines is 2. The van der Waals surface area contributed by atoms with Crippen molar-refractivity contribution >= 4 is 0 Å². The van der Waals surface area contributed by atoms with E-state index in [2.05, 4.69) is 15.1 Å². The van der Waals surface area contributed by atoms with Crippen LogP contribution in [0.4, 0.5) is 0 Å². The molecule has 0 atom stereocenters. The molecule has 0 aliphatic rings. The van der Waals surface area contributed by atoms with Crippen molar-refractivity contribution in [1.29, 1.82) is 0 Å². The van der Waals surface area contributed by atoms with E-state index >= 15 is 0 Å². The Kier molecular flexibility index (Phi) is 3.15. The third kappa shape index (κ3) is 2.12. The second-order valence-corrected chi connectivity index (χ2v) is 4.04. The Balaban J connectivity index is 2.61. The first-order valence-electron chi connectivity index (χ1n) is 5.52. The molecular weight excluding hydrogens is 236 g/mol. The van der Waals surface area contributed by atoms with Gasteiger partial charge in [0.2, 0.25) is 5.95 Å². The number of aromatic nitrogens is 4. The largest absolute Gasteiger partial charge is 0.396 e. The maximum atomic E-state index is 12.1. The van der Waals surface area contributed by atoms with Gasteiger partial charge in [0.25, 0.3) is 11.1 Å². The summed E-state index contributed by atoms with van der Waals surface area (Å²) in [4.78, 5) is 30.0. The molecule has 0 saturated heterocycles. The molecule has 0 unspecified atom stereocenters. The van der Waals surface area contributed by atoms with Gasteiger partial charge in [-0.25, -0.2) is 4.98 Å². The lowest BCUT2D eigenvalue weighted by molar-refractivity contribution is 0.299. The van der Waals surface area contributed by atoms with Crippen molar-refractivity contribution in [1.82, 2.24) is 19.7 Å². The van der Waals surface area contributed by atoms with Gasteiger partial charge in [0.15, 0.2) is 0 Å². The van der Waals surface area contributed by atoms with Crippen LogP contribution in [0.1, 0.15) is 17.0 Å². The van der Waals surface area contributed by atoms with Crippen LogP contribution in [0.15, 0.2) is 15.7 Å². The molecule has 96 valence electrons. The molecule has 0 aromatic carbocycles. The minimum absolute atomic E-state index is 0.105. The maximum absolute atomic E-state index is 12.1. The van der Waals surface area contributed by atoms with E-state index in [1.165, 1.54) is 10.7 Å². The van der Waals surface area contributed by atoms with Gasteiger partial charge in [-0.15, -0.1) is 0 Å². The van der Waals surface area contributed by atoms with Gasteiger partial charge in [0.05, 0.1) is 0 Å². The number of aliphatic hydroxyl groups is 1. The Hall–Kier alpha value is -2.15. The number of aliphatic hydroxyl groups excluding tert-OH is 1. The maximum Gasteiger partial charge on any atom is 0.277 e. The van der Waals surface area contributed by atoms with E-state index in [0.29, 0.717) is 17.0 Å². The lowest BCUT2D eigenvalue weighted by Gasteiger charge is -2.00. The second-order valence-electron chi connectivity index (χ2n) is 4.04. The van der Waals surface area contributed by atoms with Crippen molar-refractivity contribution in [2.75, 3.05) is 6.61 Å². The van der Waals surface area contributed by atoms with Crippen molar-refractivity contribution in [2.45, 2.75) is 20.3 Å². The lowest BCUT2D eigenvalue weighted by atomic mass is 10.2. The van der Waals surface area contributed by atoms with E-state index in [1.54, 1.807) is 13.8 Å². The number of hydrogen-bond acceptors (Lipinski definition) is 4. The minimum atomic E-state index is -0.319. The zero-order valence-corrected chi connectivity index (χ0v) is 10.1. The van der Waals surface area contributed by atoms with Crippen LogP contribution in [0.25, 0.3) is 5.95 Å². The van der Waals surface area contributed by atoms with Crippen LogP contribution in [-0.2, 0) is 6.42 Å².